The van der Waals surface area contributed by atoms with E-state index in [1.807, 2.05) is 14.1 Å². The second-order valence-electron chi connectivity index (χ2n) is 7.65. The van der Waals surface area contributed by atoms with E-state index < -0.39 is 20.2 Å². The summed E-state index contributed by atoms with van der Waals surface area (Å²) in [5, 5.41) is 0. The van der Waals surface area contributed by atoms with Crippen molar-refractivity contribution < 1.29 is 22.9 Å². The number of aromatic nitrogens is 4. The Labute approximate surface area is 184 Å². The van der Waals surface area contributed by atoms with Crippen LogP contribution in [0.3, 0.4) is 0 Å². The van der Waals surface area contributed by atoms with Gasteiger partial charge in [-0.3, -0.25) is 9.09 Å². The number of para-hydroxylation sites is 2. The summed E-state index contributed by atoms with van der Waals surface area (Å²) in [5.41, 5.74) is 7.00. The van der Waals surface area contributed by atoms with Gasteiger partial charge in [0.2, 0.25) is 5.95 Å². The van der Waals surface area contributed by atoms with E-state index >= 15 is 0 Å². The van der Waals surface area contributed by atoms with Gasteiger partial charge in [-0.1, -0.05) is 18.1 Å². The molecule has 2 aliphatic heterocycles. The first-order chi connectivity index (χ1) is 15.4. The molecule has 0 aliphatic carbocycles. The van der Waals surface area contributed by atoms with Gasteiger partial charge in [-0.2, -0.15) is 9.97 Å². The first kappa shape index (κ1) is 20.6. The molecule has 2 aromatic heterocycles. The quantitative estimate of drug-likeness (QED) is 0.452. The highest BCUT2D eigenvalue weighted by atomic mass is 31.2. The van der Waals surface area contributed by atoms with Crippen molar-refractivity contribution in [2.75, 3.05) is 31.3 Å². The van der Waals surface area contributed by atoms with Crippen molar-refractivity contribution in [2.45, 2.75) is 18.8 Å². The lowest BCUT2D eigenvalue weighted by atomic mass is 10.0. The van der Waals surface area contributed by atoms with E-state index in [0.29, 0.717) is 34.9 Å². The smallest absolute Gasteiger partial charge is 0.391 e. The summed E-state index contributed by atoms with van der Waals surface area (Å²) in [4.78, 5) is 14.8. The van der Waals surface area contributed by atoms with Crippen LogP contribution < -0.4 is 19.7 Å². The number of fused-ring (bicyclic) bond motifs is 2. The highest BCUT2D eigenvalue weighted by Crippen LogP contribution is 2.59. The average molecular weight is 456 g/mol. The van der Waals surface area contributed by atoms with Crippen molar-refractivity contribution in [3.05, 3.63) is 30.6 Å². The normalized spacial score (nSPS) is 23.3. The molecular formula is C20H21N6O5P. The molecule has 5 rings (SSSR count). The number of rotatable bonds is 5. The van der Waals surface area contributed by atoms with Crippen molar-refractivity contribution >= 4 is 30.8 Å². The molecular weight excluding hydrogens is 435 g/mol. The minimum atomic E-state index is -3.77. The van der Waals surface area contributed by atoms with E-state index in [-0.39, 0.29) is 18.5 Å². The van der Waals surface area contributed by atoms with Gasteiger partial charge in [-0.25, -0.2) is 9.55 Å². The average Bonchev–Trinajstić information content (AvgIpc) is 3.45. The topological polar surface area (TPSA) is 127 Å². The Balaban J connectivity index is 1.34. The van der Waals surface area contributed by atoms with E-state index in [1.54, 1.807) is 40.1 Å². The molecule has 3 atom stereocenters. The van der Waals surface area contributed by atoms with Crippen molar-refractivity contribution in [1.82, 2.24) is 19.5 Å². The molecule has 3 aromatic rings. The molecule has 1 fully saturated rings. The van der Waals surface area contributed by atoms with Crippen LogP contribution >= 0.6 is 7.82 Å². The van der Waals surface area contributed by atoms with Gasteiger partial charge in [0.25, 0.3) is 0 Å². The summed E-state index contributed by atoms with van der Waals surface area (Å²) in [5.74, 6) is 3.93. The van der Waals surface area contributed by atoms with Crippen LogP contribution in [0, 0.1) is 18.3 Å². The van der Waals surface area contributed by atoms with Crippen LogP contribution in [0.2, 0.25) is 0 Å². The molecule has 11 nitrogen and oxygen atoms in total. The molecule has 0 amide bonds. The van der Waals surface area contributed by atoms with Gasteiger partial charge < -0.3 is 24.4 Å². The maximum atomic E-state index is 12.8. The number of imidazole rings is 1. The van der Waals surface area contributed by atoms with Gasteiger partial charge in [0.05, 0.1) is 25.0 Å². The van der Waals surface area contributed by atoms with Crippen molar-refractivity contribution in [3.8, 4) is 23.8 Å². The lowest BCUT2D eigenvalue weighted by molar-refractivity contribution is -0.0246. The third-order valence-electron chi connectivity index (χ3n) is 5.21. The minimum absolute atomic E-state index is 0.0212. The van der Waals surface area contributed by atoms with Crippen LogP contribution in [0.15, 0.2) is 30.6 Å². The Morgan fingerprint density at radius 3 is 2.69 bits per heavy atom. The third-order valence-corrected chi connectivity index (χ3v) is 6.52. The predicted molar refractivity (Wildman–Crippen MR) is 116 cm³/mol. The predicted octanol–water partition coefficient (Wildman–Crippen LogP) is 2.61. The summed E-state index contributed by atoms with van der Waals surface area (Å²) in [6.07, 6.45) is 6.87. The monoisotopic (exact) mass is 456 g/mol. The largest absolute Gasteiger partial charge is 0.587 e. The number of hydrogen-bond acceptors (Lipinski definition) is 10. The van der Waals surface area contributed by atoms with Gasteiger partial charge >= 0.3 is 7.82 Å². The number of terminal acetylenes is 1. The fraction of sp³-hybridized carbons (Fsp3) is 0.350. The molecule has 2 N–H and O–H groups in total. The summed E-state index contributed by atoms with van der Waals surface area (Å²) in [6.45, 7) is -0.0212. The number of phosphoric ester groups is 1. The summed E-state index contributed by atoms with van der Waals surface area (Å²) >= 11 is 0. The molecule has 0 saturated carbocycles. The second-order valence-corrected chi connectivity index (χ2v) is 9.17. The van der Waals surface area contributed by atoms with Gasteiger partial charge in [-0.15, -0.1) is 6.42 Å². The number of benzene rings is 1. The third kappa shape index (κ3) is 3.52. The SMILES string of the molecule is C#C[C@H]1C[C@@H](COP2(=O)Oc3ccccc3O2)O[C@H]1n1cnc2c(N(C)C)nc(N)nc21. The van der Waals surface area contributed by atoms with E-state index in [2.05, 4.69) is 20.9 Å². The van der Waals surface area contributed by atoms with Gasteiger partial charge in [0.15, 0.2) is 34.7 Å². The molecule has 0 unspecified atom stereocenters. The van der Waals surface area contributed by atoms with E-state index in [1.165, 1.54) is 0 Å². The van der Waals surface area contributed by atoms with Crippen LogP contribution in [-0.2, 0) is 13.8 Å². The number of nitrogens with two attached hydrogens (primary N) is 1. The first-order valence-corrected chi connectivity index (χ1v) is 11.3. The number of phosphoric acid groups is 1. The molecule has 1 saturated heterocycles. The van der Waals surface area contributed by atoms with Crippen LogP contribution in [0.25, 0.3) is 11.2 Å². The first-order valence-electron chi connectivity index (χ1n) is 9.88. The standard InChI is InChI=1S/C20H21N6O5P/c1-4-12-9-13(10-28-32(27)30-14-7-5-6-8-15(14)31-32)29-19(12)26-11-22-16-17(25(2)3)23-20(21)24-18(16)26/h1,5-8,11-13,19H,9-10H2,2-3H3,(H2,21,23,24)/t12-,13-,19+/m0/s1. The molecule has 0 bridgehead atoms. The zero-order valence-electron chi connectivity index (χ0n) is 17.4. The zero-order valence-corrected chi connectivity index (χ0v) is 18.3. The summed E-state index contributed by atoms with van der Waals surface area (Å²) in [6, 6.07) is 6.84. The van der Waals surface area contributed by atoms with Crippen LogP contribution in [-0.4, -0.2) is 46.3 Å². The number of anilines is 2. The van der Waals surface area contributed by atoms with Crippen molar-refractivity contribution in [1.29, 1.82) is 0 Å². The number of hydrogen-bond donors (Lipinski definition) is 1. The number of nitrogen functional groups attached to an aromatic ring is 1. The lowest BCUT2D eigenvalue weighted by Gasteiger charge is -2.18. The fourth-order valence-electron chi connectivity index (χ4n) is 3.77. The molecule has 166 valence electrons. The fourth-order valence-corrected chi connectivity index (χ4v) is 5.04. The maximum absolute atomic E-state index is 12.8. The van der Waals surface area contributed by atoms with Gasteiger partial charge in [0.1, 0.15) is 0 Å². The van der Waals surface area contributed by atoms with Crippen LogP contribution in [0.5, 0.6) is 11.5 Å². The van der Waals surface area contributed by atoms with E-state index in [9.17, 15) is 4.57 Å². The Morgan fingerprint density at radius 2 is 2.03 bits per heavy atom. The molecule has 2 aliphatic rings. The minimum Gasteiger partial charge on any atom is -0.391 e. The van der Waals surface area contributed by atoms with Gasteiger partial charge in [0, 0.05) is 14.1 Å². The zero-order chi connectivity index (χ0) is 22.5. The van der Waals surface area contributed by atoms with Gasteiger partial charge in [-0.05, 0) is 18.6 Å². The Hall–Kier alpha value is -3.32. The van der Waals surface area contributed by atoms with Crippen LogP contribution in [0.1, 0.15) is 12.6 Å². The molecule has 1 aromatic carbocycles. The van der Waals surface area contributed by atoms with Crippen molar-refractivity contribution in [2.24, 2.45) is 5.92 Å². The van der Waals surface area contributed by atoms with Crippen LogP contribution in [0.4, 0.5) is 11.8 Å². The number of nitrogens with zero attached hydrogens (tertiary/aromatic N) is 5. The molecule has 0 radical (unpaired) electrons. The Morgan fingerprint density at radius 1 is 1.31 bits per heavy atom. The van der Waals surface area contributed by atoms with E-state index in [4.69, 9.17) is 30.5 Å². The summed E-state index contributed by atoms with van der Waals surface area (Å²) < 4.78 is 36.9. The van der Waals surface area contributed by atoms with E-state index in [0.717, 1.165) is 0 Å². The molecule has 32 heavy (non-hydrogen) atoms. The number of ether oxygens (including phenoxy) is 1. The summed E-state index contributed by atoms with van der Waals surface area (Å²) in [7, 11) is -0.0802. The lowest BCUT2D eigenvalue weighted by Crippen LogP contribution is -2.18. The Bertz CT molecular complexity index is 1240. The Kier molecular flexibility index (Phi) is 4.93. The maximum Gasteiger partial charge on any atom is 0.587 e. The molecule has 4 heterocycles. The highest BCUT2D eigenvalue weighted by Gasteiger charge is 2.42. The second kappa shape index (κ2) is 7.67. The van der Waals surface area contributed by atoms with Crippen molar-refractivity contribution in [3.63, 3.8) is 0 Å². The molecule has 0 spiro atoms. The molecule has 12 heteroatoms. The highest BCUT2D eigenvalue weighted by molar-refractivity contribution is 7.49.